The molecule has 0 saturated heterocycles. The van der Waals surface area contributed by atoms with Gasteiger partial charge in [-0.25, -0.2) is 4.79 Å². The molecule has 0 radical (unpaired) electrons. The van der Waals surface area contributed by atoms with Crippen LogP contribution in [-0.2, 0) is 0 Å². The molecule has 2 N–H and O–H groups in total. The van der Waals surface area contributed by atoms with Gasteiger partial charge in [0.2, 0.25) is 0 Å². The first kappa shape index (κ1) is 15.9. The van der Waals surface area contributed by atoms with Gasteiger partial charge in [-0.1, -0.05) is 57.0 Å². The molecule has 3 nitrogen and oxygen atoms in total. The van der Waals surface area contributed by atoms with Crippen LogP contribution in [0.4, 0.5) is 4.79 Å². The van der Waals surface area contributed by atoms with E-state index < -0.39 is 0 Å². The van der Waals surface area contributed by atoms with Crippen molar-refractivity contribution in [1.82, 2.24) is 10.6 Å². The largest absolute Gasteiger partial charge is 0.335 e. The van der Waals surface area contributed by atoms with Crippen LogP contribution in [0.3, 0.4) is 0 Å². The fourth-order valence-corrected chi connectivity index (χ4v) is 2.98. The molecule has 1 aliphatic carbocycles. The predicted octanol–water partition coefficient (Wildman–Crippen LogP) is 4.26. The molecule has 116 valence electrons. The first-order valence-electron chi connectivity index (χ1n) is 8.20. The normalized spacial score (nSPS) is 18.5. The summed E-state index contributed by atoms with van der Waals surface area (Å²) in [5, 5.41) is 6.26. The molecule has 2 rings (SSSR count). The molecule has 0 spiro atoms. The Morgan fingerprint density at radius 2 is 1.67 bits per heavy atom. The topological polar surface area (TPSA) is 41.1 Å². The van der Waals surface area contributed by atoms with E-state index in [0.717, 1.165) is 0 Å². The Morgan fingerprint density at radius 1 is 1.05 bits per heavy atom. The Bertz CT molecular complexity index is 438. The van der Waals surface area contributed by atoms with E-state index in [-0.39, 0.29) is 18.1 Å². The lowest BCUT2D eigenvalue weighted by molar-refractivity contribution is 0.224. The van der Waals surface area contributed by atoms with Crippen molar-refractivity contribution >= 4 is 6.03 Å². The van der Waals surface area contributed by atoms with Gasteiger partial charge in [0.05, 0.1) is 6.04 Å². The number of hydrogen-bond acceptors (Lipinski definition) is 1. The quantitative estimate of drug-likeness (QED) is 0.835. The molecule has 2 atom stereocenters. The maximum Gasteiger partial charge on any atom is 0.315 e. The van der Waals surface area contributed by atoms with E-state index in [9.17, 15) is 4.79 Å². The lowest BCUT2D eigenvalue weighted by Crippen LogP contribution is -2.45. The highest BCUT2D eigenvalue weighted by Crippen LogP contribution is 2.35. The highest BCUT2D eigenvalue weighted by molar-refractivity contribution is 5.74. The lowest BCUT2D eigenvalue weighted by atomic mass is 9.92. The Kier molecular flexibility index (Phi) is 5.66. The van der Waals surface area contributed by atoms with Gasteiger partial charge in [-0.05, 0) is 37.2 Å². The number of rotatable bonds is 5. The lowest BCUT2D eigenvalue weighted by Gasteiger charge is -2.27. The third-order valence-electron chi connectivity index (χ3n) is 4.68. The smallest absolute Gasteiger partial charge is 0.315 e. The molecule has 2 amide bonds. The molecule has 1 aromatic rings. The second-order valence-corrected chi connectivity index (χ2v) is 6.58. The van der Waals surface area contributed by atoms with Gasteiger partial charge < -0.3 is 10.6 Å². The summed E-state index contributed by atoms with van der Waals surface area (Å²) >= 11 is 0. The van der Waals surface area contributed by atoms with Crippen LogP contribution in [0.15, 0.2) is 30.3 Å². The maximum absolute atomic E-state index is 12.3. The molecule has 1 saturated carbocycles. The number of nitrogens with one attached hydrogen (secondary N) is 2. The van der Waals surface area contributed by atoms with Gasteiger partial charge in [0.15, 0.2) is 0 Å². The Hall–Kier alpha value is -1.51. The minimum atomic E-state index is -0.0445. The third kappa shape index (κ3) is 4.48. The first-order chi connectivity index (χ1) is 10.1. The number of benzene rings is 1. The molecule has 2 unspecified atom stereocenters. The molecule has 1 aromatic carbocycles. The molecule has 0 heterocycles. The number of carbonyl (C=O) groups excluding carboxylic acids is 1. The van der Waals surface area contributed by atoms with Crippen molar-refractivity contribution in [2.24, 2.45) is 11.8 Å². The molecule has 3 heteroatoms. The van der Waals surface area contributed by atoms with E-state index in [1.165, 1.54) is 31.2 Å². The Balaban J connectivity index is 2.04. The van der Waals surface area contributed by atoms with Crippen LogP contribution in [0.5, 0.6) is 0 Å². The molecule has 1 aliphatic rings. The predicted molar refractivity (Wildman–Crippen MR) is 87.1 cm³/mol. The molecule has 0 bridgehead atoms. The standard InChI is InChI=1S/C18H28N2O/c1-13(2)14(3)19-18(21)20-17(16-11-7-8-12-16)15-9-5-4-6-10-15/h4-6,9-10,13-14,16-17H,7-8,11-12H2,1-3H3,(H2,19,20,21). The first-order valence-corrected chi connectivity index (χ1v) is 8.20. The maximum atomic E-state index is 12.3. The summed E-state index contributed by atoms with van der Waals surface area (Å²) in [5.41, 5.74) is 1.22. The fourth-order valence-electron chi connectivity index (χ4n) is 2.98. The van der Waals surface area contributed by atoms with Crippen LogP contribution in [0.25, 0.3) is 0 Å². The second kappa shape index (κ2) is 7.48. The number of urea groups is 1. The van der Waals surface area contributed by atoms with Crippen LogP contribution < -0.4 is 10.6 Å². The summed E-state index contributed by atoms with van der Waals surface area (Å²) in [6.07, 6.45) is 4.97. The van der Waals surface area contributed by atoms with Crippen molar-refractivity contribution in [3.05, 3.63) is 35.9 Å². The van der Waals surface area contributed by atoms with E-state index in [1.54, 1.807) is 0 Å². The third-order valence-corrected chi connectivity index (χ3v) is 4.68. The van der Waals surface area contributed by atoms with Crippen molar-refractivity contribution in [2.45, 2.75) is 58.5 Å². The van der Waals surface area contributed by atoms with Crippen molar-refractivity contribution in [2.75, 3.05) is 0 Å². The summed E-state index contributed by atoms with van der Waals surface area (Å²) in [6.45, 7) is 6.30. The molecule has 0 aliphatic heterocycles. The van der Waals surface area contributed by atoms with Crippen molar-refractivity contribution < 1.29 is 4.79 Å². The number of amides is 2. The van der Waals surface area contributed by atoms with Gasteiger partial charge >= 0.3 is 6.03 Å². The van der Waals surface area contributed by atoms with Crippen molar-refractivity contribution in [3.8, 4) is 0 Å². The zero-order valence-corrected chi connectivity index (χ0v) is 13.4. The highest BCUT2D eigenvalue weighted by atomic mass is 16.2. The van der Waals surface area contributed by atoms with E-state index in [4.69, 9.17) is 0 Å². The molecular weight excluding hydrogens is 260 g/mol. The summed E-state index contributed by atoms with van der Waals surface area (Å²) in [4.78, 5) is 12.3. The molecular formula is C18H28N2O. The minimum Gasteiger partial charge on any atom is -0.335 e. The van der Waals surface area contributed by atoms with Gasteiger partial charge in [0.25, 0.3) is 0 Å². The summed E-state index contributed by atoms with van der Waals surface area (Å²) in [6, 6.07) is 10.6. The van der Waals surface area contributed by atoms with E-state index in [2.05, 4.69) is 43.5 Å². The molecule has 21 heavy (non-hydrogen) atoms. The molecule has 0 aromatic heterocycles. The summed E-state index contributed by atoms with van der Waals surface area (Å²) in [5.74, 6) is 1.00. The number of carbonyl (C=O) groups is 1. The van der Waals surface area contributed by atoms with Gasteiger partial charge in [0, 0.05) is 6.04 Å². The summed E-state index contributed by atoms with van der Waals surface area (Å²) < 4.78 is 0. The van der Waals surface area contributed by atoms with Crippen molar-refractivity contribution in [3.63, 3.8) is 0 Å². The highest BCUT2D eigenvalue weighted by Gasteiger charge is 2.28. The zero-order valence-electron chi connectivity index (χ0n) is 13.4. The zero-order chi connectivity index (χ0) is 15.2. The minimum absolute atomic E-state index is 0.0445. The summed E-state index contributed by atoms with van der Waals surface area (Å²) in [7, 11) is 0. The second-order valence-electron chi connectivity index (χ2n) is 6.58. The van der Waals surface area contributed by atoms with Crippen LogP contribution in [0.1, 0.15) is 58.1 Å². The Labute approximate surface area is 128 Å². The van der Waals surface area contributed by atoms with Gasteiger partial charge in [0.1, 0.15) is 0 Å². The van der Waals surface area contributed by atoms with E-state index in [1.807, 2.05) is 18.2 Å². The van der Waals surface area contributed by atoms with Gasteiger partial charge in [-0.2, -0.15) is 0 Å². The van der Waals surface area contributed by atoms with Crippen LogP contribution in [-0.4, -0.2) is 12.1 Å². The van der Waals surface area contributed by atoms with Crippen molar-refractivity contribution in [1.29, 1.82) is 0 Å². The number of hydrogen-bond donors (Lipinski definition) is 2. The van der Waals surface area contributed by atoms with Crippen LogP contribution in [0.2, 0.25) is 0 Å². The monoisotopic (exact) mass is 288 g/mol. The van der Waals surface area contributed by atoms with Gasteiger partial charge in [-0.3, -0.25) is 0 Å². The Morgan fingerprint density at radius 3 is 2.24 bits per heavy atom. The average molecular weight is 288 g/mol. The van der Waals surface area contributed by atoms with Crippen LogP contribution >= 0.6 is 0 Å². The fraction of sp³-hybridized carbons (Fsp3) is 0.611. The molecule has 1 fully saturated rings. The van der Waals surface area contributed by atoms with E-state index in [0.29, 0.717) is 11.8 Å². The van der Waals surface area contributed by atoms with E-state index >= 15 is 0 Å². The average Bonchev–Trinajstić information content (AvgIpc) is 2.99. The van der Waals surface area contributed by atoms with Crippen LogP contribution in [0, 0.1) is 11.8 Å². The van der Waals surface area contributed by atoms with Gasteiger partial charge in [-0.15, -0.1) is 0 Å². The SMILES string of the molecule is CC(C)C(C)NC(=O)NC(c1ccccc1)C1CCCC1.